The fraction of sp³-hybridized carbons (Fsp3) is 0.458. The van der Waals surface area contributed by atoms with Crippen LogP contribution in [0.5, 0.6) is 5.75 Å². The van der Waals surface area contributed by atoms with Crippen molar-refractivity contribution in [3.8, 4) is 5.75 Å². The van der Waals surface area contributed by atoms with E-state index in [2.05, 4.69) is 4.72 Å². The number of rotatable bonds is 8. The maximum atomic E-state index is 13.3. The number of likely N-dealkylation sites (N-methyl/N-ethyl adjacent to an activating group) is 1. The Hall–Kier alpha value is -2.74. The Morgan fingerprint density at radius 2 is 1.84 bits per heavy atom. The van der Waals surface area contributed by atoms with Gasteiger partial charge in [-0.05, 0) is 49.4 Å². The SMILES string of the molecule is C[C@@H]1CN([C@@H](C)CO)C(=O)Cc2cc(NS(C)(=O)=O)ccc2O[C@H]1CN(C)S(=O)(=O)c1ccc(F)cc1. The molecule has 13 heteroatoms. The third-order valence-corrected chi connectivity index (χ3v) is 8.62. The first-order chi connectivity index (χ1) is 17.2. The Bertz CT molecular complexity index is 1330. The number of aliphatic hydroxyl groups excluding tert-OH is 1. The fourth-order valence-electron chi connectivity index (χ4n) is 4.06. The number of aliphatic hydroxyl groups is 1. The zero-order valence-corrected chi connectivity index (χ0v) is 22.7. The van der Waals surface area contributed by atoms with Gasteiger partial charge < -0.3 is 14.7 Å². The van der Waals surface area contributed by atoms with E-state index in [1.54, 1.807) is 6.92 Å². The van der Waals surface area contributed by atoms with Gasteiger partial charge >= 0.3 is 0 Å². The summed E-state index contributed by atoms with van der Waals surface area (Å²) < 4.78 is 72.7. The monoisotopic (exact) mass is 557 g/mol. The lowest BCUT2D eigenvalue weighted by Crippen LogP contribution is -2.48. The number of sulfonamides is 2. The largest absolute Gasteiger partial charge is 0.488 e. The van der Waals surface area contributed by atoms with E-state index in [-0.39, 0.29) is 48.5 Å². The van der Waals surface area contributed by atoms with E-state index in [1.807, 2.05) is 6.92 Å². The molecule has 0 aliphatic carbocycles. The number of carbonyl (C=O) groups excluding carboxylic acids is 1. The maximum absolute atomic E-state index is 13.3. The van der Waals surface area contributed by atoms with Gasteiger partial charge in [0.2, 0.25) is 26.0 Å². The standard InChI is InChI=1S/C24H32FN3O7S2/c1-16-13-28(17(2)15-29)24(30)12-18-11-20(26-36(4,31)32)7-10-22(18)35-23(16)14-27(3)37(33,34)21-8-5-19(25)6-9-21/h5-11,16-17,23,26,29H,12-15H2,1-4H3/t16-,17+,23+/m1/s1. The van der Waals surface area contributed by atoms with Crippen LogP contribution in [-0.4, -0.2) is 82.2 Å². The lowest BCUT2D eigenvalue weighted by atomic mass is 10.0. The Morgan fingerprint density at radius 3 is 2.43 bits per heavy atom. The average Bonchev–Trinajstić information content (AvgIpc) is 2.85. The first-order valence-electron chi connectivity index (χ1n) is 11.6. The van der Waals surface area contributed by atoms with Gasteiger partial charge in [-0.15, -0.1) is 0 Å². The van der Waals surface area contributed by atoms with Gasteiger partial charge in [-0.3, -0.25) is 9.52 Å². The molecule has 1 amide bonds. The normalized spacial score (nSPS) is 19.9. The summed E-state index contributed by atoms with van der Waals surface area (Å²) in [6.45, 7) is 3.35. The van der Waals surface area contributed by atoms with Crippen LogP contribution in [0.1, 0.15) is 19.4 Å². The molecule has 1 heterocycles. The van der Waals surface area contributed by atoms with E-state index in [9.17, 15) is 31.1 Å². The van der Waals surface area contributed by atoms with E-state index in [0.717, 1.165) is 22.7 Å². The molecule has 0 unspecified atom stereocenters. The Labute approximate surface area is 217 Å². The van der Waals surface area contributed by atoms with Crippen molar-refractivity contribution in [3.63, 3.8) is 0 Å². The van der Waals surface area contributed by atoms with Crippen molar-refractivity contribution in [2.75, 3.05) is 37.7 Å². The molecule has 10 nitrogen and oxygen atoms in total. The van der Waals surface area contributed by atoms with Crippen LogP contribution in [0.2, 0.25) is 0 Å². The molecule has 0 radical (unpaired) electrons. The summed E-state index contributed by atoms with van der Waals surface area (Å²) in [6.07, 6.45) is 0.185. The minimum atomic E-state index is -3.97. The second kappa shape index (κ2) is 11.3. The van der Waals surface area contributed by atoms with Crippen LogP contribution in [0.25, 0.3) is 0 Å². The highest BCUT2D eigenvalue weighted by atomic mass is 32.2. The van der Waals surface area contributed by atoms with Crippen LogP contribution in [0.3, 0.4) is 0 Å². The van der Waals surface area contributed by atoms with Crippen molar-refractivity contribution in [1.29, 1.82) is 0 Å². The smallest absolute Gasteiger partial charge is 0.242 e. The zero-order chi connectivity index (χ0) is 27.5. The van der Waals surface area contributed by atoms with Gasteiger partial charge in [0.15, 0.2) is 0 Å². The van der Waals surface area contributed by atoms with E-state index < -0.39 is 38.0 Å². The highest BCUT2D eigenvalue weighted by Crippen LogP contribution is 2.30. The van der Waals surface area contributed by atoms with Gasteiger partial charge in [0.1, 0.15) is 17.7 Å². The number of nitrogens with one attached hydrogen (secondary N) is 1. The predicted octanol–water partition coefficient (Wildman–Crippen LogP) is 1.67. The first-order valence-corrected chi connectivity index (χ1v) is 14.9. The minimum absolute atomic E-state index is 0.0743. The van der Waals surface area contributed by atoms with Crippen molar-refractivity contribution in [3.05, 3.63) is 53.8 Å². The number of nitrogens with zero attached hydrogens (tertiary/aromatic N) is 2. The molecule has 204 valence electrons. The van der Waals surface area contributed by atoms with Gasteiger partial charge in [0.25, 0.3) is 0 Å². The van der Waals surface area contributed by atoms with Crippen LogP contribution >= 0.6 is 0 Å². The Morgan fingerprint density at radius 1 is 1.19 bits per heavy atom. The number of amides is 1. The van der Waals surface area contributed by atoms with Crippen molar-refractivity contribution in [2.24, 2.45) is 5.92 Å². The molecule has 3 rings (SSSR count). The van der Waals surface area contributed by atoms with Gasteiger partial charge in [-0.1, -0.05) is 6.92 Å². The maximum Gasteiger partial charge on any atom is 0.242 e. The van der Waals surface area contributed by atoms with Gasteiger partial charge in [0, 0.05) is 30.8 Å². The summed E-state index contributed by atoms with van der Waals surface area (Å²) in [5.74, 6) is -0.888. The van der Waals surface area contributed by atoms with Gasteiger partial charge in [-0.25, -0.2) is 21.2 Å². The zero-order valence-electron chi connectivity index (χ0n) is 21.1. The fourth-order valence-corrected chi connectivity index (χ4v) is 5.80. The lowest BCUT2D eigenvalue weighted by molar-refractivity contribution is -0.134. The lowest BCUT2D eigenvalue weighted by Gasteiger charge is -2.33. The molecule has 0 fully saturated rings. The molecule has 37 heavy (non-hydrogen) atoms. The third kappa shape index (κ3) is 7.18. The summed E-state index contributed by atoms with van der Waals surface area (Å²) in [4.78, 5) is 14.7. The summed E-state index contributed by atoms with van der Waals surface area (Å²) >= 11 is 0. The molecule has 0 saturated carbocycles. The average molecular weight is 558 g/mol. The number of carbonyl (C=O) groups is 1. The van der Waals surface area contributed by atoms with E-state index >= 15 is 0 Å². The number of halogens is 1. The number of hydrogen-bond acceptors (Lipinski definition) is 7. The molecule has 0 bridgehead atoms. The van der Waals surface area contributed by atoms with Crippen LogP contribution in [0, 0.1) is 11.7 Å². The Balaban J connectivity index is 1.99. The van der Waals surface area contributed by atoms with Crippen molar-refractivity contribution in [2.45, 2.75) is 37.3 Å². The molecule has 0 spiro atoms. The minimum Gasteiger partial charge on any atom is -0.488 e. The summed E-state index contributed by atoms with van der Waals surface area (Å²) in [6, 6.07) is 8.53. The van der Waals surface area contributed by atoms with Crippen molar-refractivity contribution >= 4 is 31.6 Å². The number of ether oxygens (including phenoxy) is 1. The van der Waals surface area contributed by atoms with Gasteiger partial charge in [0.05, 0.1) is 36.8 Å². The molecular formula is C24H32FN3O7S2. The first kappa shape index (κ1) is 28.8. The summed E-state index contributed by atoms with van der Waals surface area (Å²) in [7, 11) is -6.15. The van der Waals surface area contributed by atoms with E-state index in [0.29, 0.717) is 11.3 Å². The molecule has 3 atom stereocenters. The molecule has 2 N–H and O–H groups in total. The molecule has 0 saturated heterocycles. The van der Waals surface area contributed by atoms with E-state index in [4.69, 9.17) is 4.74 Å². The van der Waals surface area contributed by atoms with Crippen molar-refractivity contribution < 1.29 is 35.9 Å². The van der Waals surface area contributed by atoms with Crippen molar-refractivity contribution in [1.82, 2.24) is 9.21 Å². The topological polar surface area (TPSA) is 133 Å². The Kier molecular flexibility index (Phi) is 8.83. The summed E-state index contributed by atoms with van der Waals surface area (Å²) in [5, 5.41) is 9.74. The second-order valence-corrected chi connectivity index (χ2v) is 13.1. The molecule has 1 aliphatic rings. The molecule has 0 aromatic heterocycles. The number of hydrogen-bond donors (Lipinski definition) is 2. The molecule has 1 aliphatic heterocycles. The highest BCUT2D eigenvalue weighted by molar-refractivity contribution is 7.92. The number of anilines is 1. The highest BCUT2D eigenvalue weighted by Gasteiger charge is 2.33. The van der Waals surface area contributed by atoms with Crippen LogP contribution < -0.4 is 9.46 Å². The molecule has 2 aromatic carbocycles. The predicted molar refractivity (Wildman–Crippen MR) is 137 cm³/mol. The van der Waals surface area contributed by atoms with Crippen LogP contribution in [-0.2, 0) is 31.3 Å². The van der Waals surface area contributed by atoms with Crippen LogP contribution in [0.4, 0.5) is 10.1 Å². The van der Waals surface area contributed by atoms with E-state index in [1.165, 1.54) is 42.3 Å². The quantitative estimate of drug-likeness (QED) is 0.504. The molecular weight excluding hydrogens is 525 g/mol. The van der Waals surface area contributed by atoms with Gasteiger partial charge in [-0.2, -0.15) is 4.31 Å². The number of benzene rings is 2. The molecule has 2 aromatic rings. The number of fused-ring (bicyclic) bond motifs is 1. The summed E-state index contributed by atoms with van der Waals surface area (Å²) in [5.41, 5.74) is 0.663. The van der Waals surface area contributed by atoms with Crippen LogP contribution in [0.15, 0.2) is 47.4 Å². The second-order valence-electron chi connectivity index (χ2n) is 9.32. The third-order valence-electron chi connectivity index (χ3n) is 6.18.